The molecule has 0 amide bonds. The Hall–Kier alpha value is -1.80. The number of aromatic amines is 1. The van der Waals surface area contributed by atoms with Gasteiger partial charge in [-0.2, -0.15) is 13.2 Å². The first kappa shape index (κ1) is 19.5. The van der Waals surface area contributed by atoms with E-state index in [2.05, 4.69) is 4.98 Å². The quantitative estimate of drug-likeness (QED) is 0.823. The van der Waals surface area contributed by atoms with Crippen LogP contribution in [0.5, 0.6) is 0 Å². The maximum absolute atomic E-state index is 12.3. The molecule has 25 heavy (non-hydrogen) atoms. The fourth-order valence-corrected chi connectivity index (χ4v) is 3.20. The van der Waals surface area contributed by atoms with E-state index in [4.69, 9.17) is 0 Å². The normalized spacial score (nSPS) is 14.2. The van der Waals surface area contributed by atoms with Gasteiger partial charge in [-0.15, -0.1) is 11.3 Å². The van der Waals surface area contributed by atoms with Gasteiger partial charge in [0.25, 0.3) is 5.56 Å². The highest BCUT2D eigenvalue weighted by molar-refractivity contribution is 8.00. The van der Waals surface area contributed by atoms with Crippen molar-refractivity contribution in [1.82, 2.24) is 4.98 Å². The zero-order valence-corrected chi connectivity index (χ0v) is 15.4. The molecular formula is C17H16F3NO2S2. The monoisotopic (exact) mass is 387 g/mol. The number of benzene rings is 1. The van der Waals surface area contributed by atoms with E-state index < -0.39 is 10.9 Å². The molecule has 2 rings (SSSR count). The van der Waals surface area contributed by atoms with Crippen LogP contribution >= 0.6 is 23.1 Å². The van der Waals surface area contributed by atoms with Crippen LogP contribution in [0, 0.1) is 5.41 Å². The van der Waals surface area contributed by atoms with Crippen LogP contribution in [-0.2, 0) is 4.79 Å². The van der Waals surface area contributed by atoms with Crippen molar-refractivity contribution >= 4 is 41.0 Å². The smallest absolute Gasteiger partial charge is 0.313 e. The summed E-state index contributed by atoms with van der Waals surface area (Å²) in [6.45, 7) is 5.35. The Bertz CT molecular complexity index is 932. The van der Waals surface area contributed by atoms with Gasteiger partial charge in [-0.1, -0.05) is 32.9 Å². The van der Waals surface area contributed by atoms with Crippen molar-refractivity contribution in [3.05, 3.63) is 49.4 Å². The maximum Gasteiger partial charge on any atom is 0.446 e. The standard InChI is InChI=1S/C17H16F3NO2S2/c1-16(2,3)13(22)9-14-21-15(23)12(24-14)8-10-4-6-11(7-5-10)25-17(18,19)20/h4-9H,1-3H3,(H,21,23)/b12-8+,14-9+. The van der Waals surface area contributed by atoms with Gasteiger partial charge in [0.2, 0.25) is 0 Å². The maximum atomic E-state index is 12.3. The highest BCUT2D eigenvalue weighted by atomic mass is 32.2. The third-order valence-electron chi connectivity index (χ3n) is 3.09. The number of hydrogen-bond acceptors (Lipinski definition) is 4. The number of alkyl halides is 3. The zero-order chi connectivity index (χ0) is 18.8. The SMILES string of the molecule is CC(C)(C)C(=O)/C=c1\[nH]c(=O)/c(=C\c2ccc(SC(F)(F)F)cc2)s1. The van der Waals surface area contributed by atoms with Crippen molar-refractivity contribution in [2.75, 3.05) is 0 Å². The Kier molecular flexibility index (Phi) is 5.63. The largest absolute Gasteiger partial charge is 0.446 e. The number of H-pyrrole nitrogens is 1. The number of Topliss-reactive ketones (excluding diaryl/α,β-unsaturated/α-hetero) is 1. The van der Waals surface area contributed by atoms with Gasteiger partial charge in [0.05, 0.1) is 9.20 Å². The first-order chi connectivity index (χ1) is 11.4. The van der Waals surface area contributed by atoms with E-state index in [1.54, 1.807) is 26.8 Å². The molecule has 0 radical (unpaired) electrons. The molecule has 1 heterocycles. The lowest BCUT2D eigenvalue weighted by atomic mass is 9.91. The number of thiazole rings is 1. The Labute approximate surface area is 150 Å². The molecule has 0 saturated carbocycles. The number of carbonyl (C=O) groups excluding carboxylic acids is 1. The van der Waals surface area contributed by atoms with E-state index in [-0.39, 0.29) is 28.0 Å². The first-order valence-electron chi connectivity index (χ1n) is 7.27. The second-order valence-corrected chi connectivity index (χ2v) is 8.53. The van der Waals surface area contributed by atoms with Gasteiger partial charge in [0, 0.05) is 16.4 Å². The second kappa shape index (κ2) is 7.21. The van der Waals surface area contributed by atoms with Crippen LogP contribution in [0.1, 0.15) is 26.3 Å². The summed E-state index contributed by atoms with van der Waals surface area (Å²) in [4.78, 5) is 26.6. The van der Waals surface area contributed by atoms with Crippen molar-refractivity contribution in [3.63, 3.8) is 0 Å². The molecule has 3 nitrogen and oxygen atoms in total. The molecule has 1 aromatic heterocycles. The molecule has 0 bridgehead atoms. The summed E-state index contributed by atoms with van der Waals surface area (Å²) in [5.41, 5.74) is -4.61. The summed E-state index contributed by atoms with van der Waals surface area (Å²) in [7, 11) is 0. The average molecular weight is 387 g/mol. The zero-order valence-electron chi connectivity index (χ0n) is 13.7. The van der Waals surface area contributed by atoms with Crippen molar-refractivity contribution in [1.29, 1.82) is 0 Å². The van der Waals surface area contributed by atoms with Crippen LogP contribution in [0.3, 0.4) is 0 Å². The van der Waals surface area contributed by atoms with Crippen LogP contribution < -0.4 is 14.8 Å². The predicted octanol–water partition coefficient (Wildman–Crippen LogP) is 3.27. The van der Waals surface area contributed by atoms with Crippen LogP contribution in [0.4, 0.5) is 13.2 Å². The lowest BCUT2D eigenvalue weighted by Crippen LogP contribution is -2.22. The highest BCUT2D eigenvalue weighted by Crippen LogP contribution is 2.36. The van der Waals surface area contributed by atoms with Gasteiger partial charge in [0.1, 0.15) is 0 Å². The summed E-state index contributed by atoms with van der Waals surface area (Å²) in [6, 6.07) is 5.72. The molecule has 0 aliphatic rings. The Morgan fingerprint density at radius 1 is 1.16 bits per heavy atom. The third kappa shape index (κ3) is 5.89. The Balaban J connectivity index is 2.32. The number of halogens is 3. The van der Waals surface area contributed by atoms with E-state index in [9.17, 15) is 22.8 Å². The van der Waals surface area contributed by atoms with Crippen molar-refractivity contribution in [2.45, 2.75) is 31.2 Å². The van der Waals surface area contributed by atoms with Crippen molar-refractivity contribution in [2.24, 2.45) is 5.41 Å². The number of rotatable bonds is 3. The molecule has 134 valence electrons. The van der Waals surface area contributed by atoms with Crippen LogP contribution in [0.15, 0.2) is 34.0 Å². The summed E-state index contributed by atoms with van der Waals surface area (Å²) >= 11 is 0.938. The topological polar surface area (TPSA) is 49.9 Å². The summed E-state index contributed by atoms with van der Waals surface area (Å²) in [6.07, 6.45) is 2.97. The minimum atomic E-state index is -4.33. The number of ketones is 1. The first-order valence-corrected chi connectivity index (χ1v) is 8.90. The van der Waals surface area contributed by atoms with Gasteiger partial charge in [-0.25, -0.2) is 0 Å². The Morgan fingerprint density at radius 3 is 2.28 bits per heavy atom. The average Bonchev–Trinajstić information content (AvgIpc) is 2.78. The molecule has 8 heteroatoms. The van der Waals surface area contributed by atoms with Gasteiger partial charge >= 0.3 is 5.51 Å². The molecule has 1 N–H and O–H groups in total. The van der Waals surface area contributed by atoms with Crippen molar-refractivity contribution < 1.29 is 18.0 Å². The van der Waals surface area contributed by atoms with Gasteiger partial charge in [-0.05, 0) is 35.5 Å². The van der Waals surface area contributed by atoms with Crippen LogP contribution in [0.2, 0.25) is 0 Å². The lowest BCUT2D eigenvalue weighted by Gasteiger charge is -2.12. The Morgan fingerprint density at radius 2 is 1.76 bits per heavy atom. The predicted molar refractivity (Wildman–Crippen MR) is 95.0 cm³/mol. The molecule has 0 spiro atoms. The number of thioether (sulfide) groups is 1. The van der Waals surface area contributed by atoms with Crippen LogP contribution in [0.25, 0.3) is 12.2 Å². The van der Waals surface area contributed by atoms with E-state index in [0.717, 1.165) is 11.3 Å². The van der Waals surface area contributed by atoms with E-state index >= 15 is 0 Å². The number of carbonyl (C=O) groups is 1. The number of aromatic nitrogens is 1. The molecule has 2 aromatic rings. The lowest BCUT2D eigenvalue weighted by molar-refractivity contribution is -0.120. The molecule has 0 atom stereocenters. The van der Waals surface area contributed by atoms with E-state index in [1.807, 2.05) is 0 Å². The highest BCUT2D eigenvalue weighted by Gasteiger charge is 2.28. The molecule has 0 unspecified atom stereocenters. The summed E-state index contributed by atoms with van der Waals surface area (Å²) in [5, 5.41) is 0. The van der Waals surface area contributed by atoms with Gasteiger partial charge in [0.15, 0.2) is 5.78 Å². The summed E-state index contributed by atoms with van der Waals surface area (Å²) < 4.78 is 37.8. The van der Waals surface area contributed by atoms with E-state index in [1.165, 1.54) is 30.3 Å². The molecule has 0 aliphatic heterocycles. The minimum Gasteiger partial charge on any atom is -0.313 e. The van der Waals surface area contributed by atoms with Gasteiger partial charge < -0.3 is 4.98 Å². The third-order valence-corrected chi connectivity index (χ3v) is 4.80. The van der Waals surface area contributed by atoms with Crippen LogP contribution in [-0.4, -0.2) is 16.3 Å². The van der Waals surface area contributed by atoms with Crippen molar-refractivity contribution in [3.8, 4) is 0 Å². The second-order valence-electron chi connectivity index (χ2n) is 6.30. The van der Waals surface area contributed by atoms with E-state index in [0.29, 0.717) is 14.8 Å². The molecular weight excluding hydrogens is 371 g/mol. The van der Waals surface area contributed by atoms with Gasteiger partial charge in [-0.3, -0.25) is 9.59 Å². The molecule has 1 aromatic carbocycles. The molecule has 0 aliphatic carbocycles. The summed E-state index contributed by atoms with van der Waals surface area (Å²) in [5.74, 6) is -0.106. The molecule has 0 saturated heterocycles. The fourth-order valence-electron chi connectivity index (χ4n) is 1.78. The number of hydrogen-bond donors (Lipinski definition) is 1. The number of nitrogens with one attached hydrogen (secondary N) is 1. The molecule has 0 fully saturated rings. The fraction of sp³-hybridized carbons (Fsp3) is 0.294. The minimum absolute atomic E-state index is 0.0783.